The number of hydrogen-bond acceptors (Lipinski definition) is 4. The Morgan fingerprint density at radius 2 is 1.85 bits per heavy atom. The van der Waals surface area contributed by atoms with E-state index < -0.39 is 17.6 Å². The van der Waals surface area contributed by atoms with Crippen LogP contribution in [-0.2, 0) is 6.18 Å². The number of pyridine rings is 2. The molecule has 5 nitrogen and oxygen atoms in total. The fraction of sp³-hybridized carbons (Fsp3) is 0.188. The summed E-state index contributed by atoms with van der Waals surface area (Å²) in [6.45, 7) is -0.202. The largest absolute Gasteiger partial charge is 0.463 e. The van der Waals surface area contributed by atoms with Crippen LogP contribution in [0.25, 0.3) is 0 Å². The van der Waals surface area contributed by atoms with Gasteiger partial charge in [-0.05, 0) is 12.1 Å². The Morgan fingerprint density at radius 3 is 2.48 bits per heavy atom. The molecule has 2 rings (SSSR count). The maximum atomic E-state index is 12.5. The van der Waals surface area contributed by atoms with Gasteiger partial charge in [-0.3, -0.25) is 4.79 Å². The molecule has 0 aliphatic carbocycles. The van der Waals surface area contributed by atoms with Crippen LogP contribution >= 0.6 is 34.8 Å². The zero-order chi connectivity index (χ0) is 20.0. The van der Waals surface area contributed by atoms with Gasteiger partial charge in [-0.1, -0.05) is 46.6 Å². The van der Waals surface area contributed by atoms with Gasteiger partial charge in [-0.25, -0.2) is 9.97 Å². The molecule has 2 heterocycles. The minimum Gasteiger partial charge on any atom is -0.463 e. The number of halogens is 6. The Bertz CT molecular complexity index is 911. The molecule has 11 heteroatoms. The van der Waals surface area contributed by atoms with Gasteiger partial charge in [-0.2, -0.15) is 13.2 Å². The molecule has 0 bridgehead atoms. The van der Waals surface area contributed by atoms with Crippen molar-refractivity contribution in [3.05, 3.63) is 50.9 Å². The lowest BCUT2D eigenvalue weighted by Crippen LogP contribution is -2.24. The summed E-state index contributed by atoms with van der Waals surface area (Å²) in [6.07, 6.45) is -2.71. The molecule has 0 saturated heterocycles. The molecule has 2 aromatic rings. The first-order chi connectivity index (χ1) is 12.7. The smallest absolute Gasteiger partial charge is 0.417 e. The van der Waals surface area contributed by atoms with Crippen molar-refractivity contribution in [2.45, 2.75) is 6.18 Å². The van der Waals surface area contributed by atoms with Crippen LogP contribution in [0, 0.1) is 11.8 Å². The molecule has 0 radical (unpaired) electrons. The number of aromatic nitrogens is 2. The molecule has 0 atom stereocenters. The predicted molar refractivity (Wildman–Crippen MR) is 94.1 cm³/mol. The molecule has 0 unspecified atom stereocenters. The van der Waals surface area contributed by atoms with Crippen LogP contribution in [0.3, 0.4) is 0 Å². The van der Waals surface area contributed by atoms with Crippen molar-refractivity contribution < 1.29 is 22.7 Å². The van der Waals surface area contributed by atoms with Gasteiger partial charge in [0.05, 0.1) is 22.7 Å². The number of ether oxygens (including phenoxy) is 1. The van der Waals surface area contributed by atoms with Crippen LogP contribution in [0.5, 0.6) is 5.88 Å². The molecule has 0 aromatic carbocycles. The van der Waals surface area contributed by atoms with Gasteiger partial charge in [0.25, 0.3) is 5.91 Å². The quantitative estimate of drug-likeness (QED) is 0.572. The lowest BCUT2D eigenvalue weighted by Gasteiger charge is -2.08. The summed E-state index contributed by atoms with van der Waals surface area (Å²) in [7, 11) is 0. The number of rotatable bonds is 4. The highest BCUT2D eigenvalue weighted by atomic mass is 35.5. The first-order valence-corrected chi connectivity index (χ1v) is 8.22. The maximum Gasteiger partial charge on any atom is 0.417 e. The SMILES string of the molecule is O=C(NCC#CCOc1ncc(C(F)(F)F)cc1Cl)c1cnc(Cl)cc1Cl. The second-order valence-corrected chi connectivity index (χ2v) is 6.02. The monoisotopic (exact) mass is 437 g/mol. The van der Waals surface area contributed by atoms with Crippen LogP contribution in [0.15, 0.2) is 24.5 Å². The summed E-state index contributed by atoms with van der Waals surface area (Å²) < 4.78 is 42.6. The summed E-state index contributed by atoms with van der Waals surface area (Å²) in [5.41, 5.74) is -0.844. The van der Waals surface area contributed by atoms with Gasteiger partial charge in [0.2, 0.25) is 5.88 Å². The molecule has 27 heavy (non-hydrogen) atoms. The van der Waals surface area contributed by atoms with Crippen molar-refractivity contribution in [3.63, 3.8) is 0 Å². The Kier molecular flexibility index (Phi) is 7.13. The van der Waals surface area contributed by atoms with Crippen LogP contribution in [-0.4, -0.2) is 29.0 Å². The van der Waals surface area contributed by atoms with Crippen molar-refractivity contribution in [1.29, 1.82) is 0 Å². The summed E-state index contributed by atoms with van der Waals surface area (Å²) in [5, 5.41) is 2.51. The lowest BCUT2D eigenvalue weighted by atomic mass is 10.2. The first-order valence-electron chi connectivity index (χ1n) is 7.09. The van der Waals surface area contributed by atoms with Crippen LogP contribution in [0.1, 0.15) is 15.9 Å². The Labute approximate surface area is 166 Å². The fourth-order valence-electron chi connectivity index (χ4n) is 1.70. The minimum absolute atomic E-state index is 0.0185. The van der Waals surface area contributed by atoms with E-state index >= 15 is 0 Å². The average Bonchev–Trinajstić information content (AvgIpc) is 2.58. The van der Waals surface area contributed by atoms with Gasteiger partial charge in [0.15, 0.2) is 6.61 Å². The van der Waals surface area contributed by atoms with Crippen LogP contribution in [0.2, 0.25) is 15.2 Å². The molecule has 142 valence electrons. The van der Waals surface area contributed by atoms with Gasteiger partial charge in [-0.15, -0.1) is 0 Å². The van der Waals surface area contributed by atoms with Gasteiger partial charge in [0.1, 0.15) is 10.2 Å². The molecule has 0 spiro atoms. The van der Waals surface area contributed by atoms with Crippen molar-refractivity contribution in [2.24, 2.45) is 0 Å². The summed E-state index contributed by atoms with van der Waals surface area (Å²) in [6, 6.07) is 2.04. The number of nitrogens with zero attached hydrogens (tertiary/aromatic N) is 2. The Morgan fingerprint density at radius 1 is 1.11 bits per heavy atom. The molecule has 1 N–H and O–H groups in total. The Balaban J connectivity index is 1.83. The normalized spacial score (nSPS) is 10.7. The molecule has 1 amide bonds. The number of alkyl halides is 3. The van der Waals surface area contributed by atoms with E-state index in [-0.39, 0.29) is 39.8 Å². The Hall–Kier alpha value is -2.21. The summed E-state index contributed by atoms with van der Waals surface area (Å²) in [4.78, 5) is 19.2. The van der Waals surface area contributed by atoms with E-state index in [1.54, 1.807) is 0 Å². The van der Waals surface area contributed by atoms with E-state index in [4.69, 9.17) is 39.5 Å². The van der Waals surface area contributed by atoms with E-state index in [0.29, 0.717) is 12.3 Å². The predicted octanol–water partition coefficient (Wildman–Crippen LogP) is 4.27. The van der Waals surface area contributed by atoms with Crippen molar-refractivity contribution in [1.82, 2.24) is 15.3 Å². The molecular formula is C16H9Cl3F3N3O2. The highest BCUT2D eigenvalue weighted by Gasteiger charge is 2.31. The maximum absolute atomic E-state index is 12.5. The van der Waals surface area contributed by atoms with Crippen molar-refractivity contribution in [2.75, 3.05) is 13.2 Å². The third kappa shape index (κ3) is 6.17. The lowest BCUT2D eigenvalue weighted by molar-refractivity contribution is -0.137. The molecule has 2 aromatic heterocycles. The topological polar surface area (TPSA) is 64.1 Å². The fourth-order valence-corrected chi connectivity index (χ4v) is 2.37. The zero-order valence-electron chi connectivity index (χ0n) is 13.2. The summed E-state index contributed by atoms with van der Waals surface area (Å²) >= 11 is 17.2. The number of carbonyl (C=O) groups excluding carboxylic acids is 1. The number of amides is 1. The third-order valence-corrected chi connectivity index (χ3v) is 3.73. The minimum atomic E-state index is -4.55. The first kappa shape index (κ1) is 21.1. The van der Waals surface area contributed by atoms with E-state index in [1.165, 1.54) is 12.3 Å². The molecule has 0 aliphatic rings. The number of nitrogens with one attached hydrogen (secondary N) is 1. The molecular weight excluding hydrogens is 430 g/mol. The van der Waals surface area contributed by atoms with Gasteiger partial charge in [0, 0.05) is 12.4 Å². The number of carbonyl (C=O) groups is 1. The van der Waals surface area contributed by atoms with Gasteiger partial charge < -0.3 is 10.1 Å². The van der Waals surface area contributed by atoms with Crippen molar-refractivity contribution in [3.8, 4) is 17.7 Å². The summed E-state index contributed by atoms with van der Waals surface area (Å²) in [5.74, 6) is 4.48. The van der Waals surface area contributed by atoms with Crippen molar-refractivity contribution >= 4 is 40.7 Å². The highest BCUT2D eigenvalue weighted by molar-refractivity contribution is 6.36. The van der Waals surface area contributed by atoms with E-state index in [9.17, 15) is 18.0 Å². The number of hydrogen-bond donors (Lipinski definition) is 1. The second kappa shape index (κ2) is 9.13. The molecule has 0 aliphatic heterocycles. The second-order valence-electron chi connectivity index (χ2n) is 4.82. The zero-order valence-corrected chi connectivity index (χ0v) is 15.5. The standard InChI is InChI=1S/C16H9Cl3F3N3O2/c17-11-6-13(19)24-8-10(11)14(26)23-3-1-2-4-27-15-12(18)5-9(7-25-15)16(20,21)22/h5-8H,3-4H2,(H,23,26). The highest BCUT2D eigenvalue weighted by Crippen LogP contribution is 2.32. The van der Waals surface area contributed by atoms with Crippen LogP contribution in [0.4, 0.5) is 13.2 Å². The van der Waals surface area contributed by atoms with E-state index in [0.717, 1.165) is 0 Å². The van der Waals surface area contributed by atoms with E-state index in [1.807, 2.05) is 0 Å². The van der Waals surface area contributed by atoms with E-state index in [2.05, 4.69) is 27.1 Å². The van der Waals surface area contributed by atoms with Gasteiger partial charge >= 0.3 is 6.18 Å². The molecule has 0 saturated carbocycles. The average molecular weight is 439 g/mol. The van der Waals surface area contributed by atoms with Crippen LogP contribution < -0.4 is 10.1 Å². The third-order valence-electron chi connectivity index (χ3n) is 2.94. The molecule has 0 fully saturated rings.